The van der Waals surface area contributed by atoms with E-state index in [1.54, 1.807) is 12.5 Å². The smallest absolute Gasteiger partial charge is 0.477 e. The van der Waals surface area contributed by atoms with E-state index < -0.39 is 24.3 Å². The van der Waals surface area contributed by atoms with E-state index in [0.29, 0.717) is 12.5 Å². The first-order valence-electron chi connectivity index (χ1n) is 11.2. The number of hydrogen-bond donors (Lipinski definition) is 2. The number of carbonyl (C=O) groups is 2. The molecular formula is C23H26F6N2O7. The number of furan rings is 1. The SMILES string of the molecule is O=C(O)C(F)(F)F.O=C(O)C(F)(F)F.c1ccc(OCC23CCCOC2CCN(Cc2ccoc2)C3)nc1. The number of ether oxygens (including phenoxy) is 2. The van der Waals surface area contributed by atoms with Gasteiger partial charge in [-0.2, -0.15) is 26.3 Å². The van der Waals surface area contributed by atoms with Crippen molar-refractivity contribution in [2.24, 2.45) is 5.41 Å². The van der Waals surface area contributed by atoms with Gasteiger partial charge in [0.25, 0.3) is 0 Å². The van der Waals surface area contributed by atoms with Crippen molar-refractivity contribution in [1.82, 2.24) is 9.88 Å². The van der Waals surface area contributed by atoms with Crippen LogP contribution in [0.3, 0.4) is 0 Å². The molecule has 0 aliphatic carbocycles. The molecule has 2 aromatic heterocycles. The maximum Gasteiger partial charge on any atom is 0.490 e. The number of piperidine rings is 1. The van der Waals surface area contributed by atoms with Crippen molar-refractivity contribution in [3.05, 3.63) is 48.6 Å². The van der Waals surface area contributed by atoms with Crippen molar-refractivity contribution >= 4 is 11.9 Å². The molecular weight excluding hydrogens is 530 g/mol. The molecule has 0 radical (unpaired) electrons. The average molecular weight is 556 g/mol. The Morgan fingerprint density at radius 1 is 1.11 bits per heavy atom. The van der Waals surface area contributed by atoms with Gasteiger partial charge in [-0.15, -0.1) is 0 Å². The molecule has 2 fully saturated rings. The van der Waals surface area contributed by atoms with Crippen LogP contribution in [-0.4, -0.2) is 76.8 Å². The normalized spacial score (nSPS) is 21.6. The number of pyridine rings is 1. The molecule has 2 N–H and O–H groups in total. The lowest BCUT2D eigenvalue weighted by molar-refractivity contribution is -0.193. The summed E-state index contributed by atoms with van der Waals surface area (Å²) in [6.45, 7) is 4.51. The third-order valence-corrected chi connectivity index (χ3v) is 5.68. The van der Waals surface area contributed by atoms with E-state index in [2.05, 4.69) is 9.88 Å². The standard InChI is InChI=1S/C19H24N2O3.2C2HF3O2/c1-2-8-20-18(4-1)24-15-19-7-3-10-23-17(19)5-9-21(14-19)12-16-6-11-22-13-16;2*3-2(4,5)1(6)7/h1-2,4,6,8,11,13,17H,3,5,7,9-10,12,14-15H2;2*(H,6,7). The molecule has 2 aliphatic rings. The number of rotatable bonds is 5. The maximum atomic E-state index is 10.6. The minimum Gasteiger partial charge on any atom is -0.477 e. The summed E-state index contributed by atoms with van der Waals surface area (Å²) in [4.78, 5) is 24.6. The first-order valence-corrected chi connectivity index (χ1v) is 11.2. The number of halogens is 6. The van der Waals surface area contributed by atoms with Crippen LogP contribution in [0.5, 0.6) is 5.88 Å². The molecule has 9 nitrogen and oxygen atoms in total. The van der Waals surface area contributed by atoms with E-state index in [1.165, 1.54) is 5.56 Å². The van der Waals surface area contributed by atoms with Crippen molar-refractivity contribution < 1.29 is 60.0 Å². The Morgan fingerprint density at radius 3 is 2.29 bits per heavy atom. The van der Waals surface area contributed by atoms with Gasteiger partial charge in [-0.1, -0.05) is 6.07 Å². The molecule has 2 aliphatic heterocycles. The molecule has 4 heterocycles. The van der Waals surface area contributed by atoms with Gasteiger partial charge < -0.3 is 24.1 Å². The lowest BCUT2D eigenvalue weighted by Gasteiger charge is -2.50. The molecule has 2 aromatic rings. The van der Waals surface area contributed by atoms with Crippen molar-refractivity contribution in [2.75, 3.05) is 26.3 Å². The Bertz CT molecular complexity index is 978. The van der Waals surface area contributed by atoms with Crippen LogP contribution < -0.4 is 4.74 Å². The van der Waals surface area contributed by atoms with Gasteiger partial charge >= 0.3 is 24.3 Å². The van der Waals surface area contributed by atoms with Crippen LogP contribution in [0.4, 0.5) is 26.3 Å². The number of carboxylic acid groups (broad SMARTS) is 2. The summed E-state index contributed by atoms with van der Waals surface area (Å²) in [5.41, 5.74) is 1.28. The number of carboxylic acids is 2. The molecule has 2 saturated heterocycles. The van der Waals surface area contributed by atoms with E-state index in [0.717, 1.165) is 45.5 Å². The van der Waals surface area contributed by atoms with Crippen LogP contribution in [0.25, 0.3) is 0 Å². The summed E-state index contributed by atoms with van der Waals surface area (Å²) in [5.74, 6) is -4.82. The lowest BCUT2D eigenvalue weighted by atomic mass is 9.73. The van der Waals surface area contributed by atoms with Crippen LogP contribution >= 0.6 is 0 Å². The van der Waals surface area contributed by atoms with Gasteiger partial charge in [0.2, 0.25) is 5.88 Å². The Morgan fingerprint density at radius 2 is 1.76 bits per heavy atom. The fraction of sp³-hybridized carbons (Fsp3) is 0.522. The molecule has 4 rings (SSSR count). The zero-order chi connectivity index (χ0) is 28.4. The number of fused-ring (bicyclic) bond motifs is 1. The van der Waals surface area contributed by atoms with Crippen molar-refractivity contribution in [3.8, 4) is 5.88 Å². The van der Waals surface area contributed by atoms with Crippen LogP contribution in [-0.2, 0) is 20.9 Å². The van der Waals surface area contributed by atoms with Gasteiger partial charge in [-0.05, 0) is 31.4 Å². The summed E-state index contributed by atoms with van der Waals surface area (Å²) in [6.07, 6.45) is -1.23. The Balaban J connectivity index is 0.000000301. The van der Waals surface area contributed by atoms with E-state index >= 15 is 0 Å². The first kappa shape index (κ1) is 30.9. The van der Waals surface area contributed by atoms with Gasteiger partial charge in [-0.25, -0.2) is 14.6 Å². The highest BCUT2D eigenvalue weighted by Gasteiger charge is 2.46. The molecule has 0 amide bonds. The highest BCUT2D eigenvalue weighted by atomic mass is 19.4. The zero-order valence-corrected chi connectivity index (χ0v) is 19.9. The second-order valence-electron chi connectivity index (χ2n) is 8.52. The highest BCUT2D eigenvalue weighted by molar-refractivity contribution is 5.73. The van der Waals surface area contributed by atoms with E-state index in [1.807, 2.05) is 30.5 Å². The van der Waals surface area contributed by atoms with E-state index in [-0.39, 0.29) is 11.5 Å². The summed E-state index contributed by atoms with van der Waals surface area (Å²) < 4.78 is 80.8. The molecule has 2 atom stereocenters. The number of aromatic nitrogens is 1. The summed E-state index contributed by atoms with van der Waals surface area (Å²) in [5, 5.41) is 14.2. The van der Waals surface area contributed by atoms with Gasteiger partial charge in [0, 0.05) is 49.5 Å². The summed E-state index contributed by atoms with van der Waals surface area (Å²) in [6, 6.07) is 7.83. The highest BCUT2D eigenvalue weighted by Crippen LogP contribution is 2.41. The van der Waals surface area contributed by atoms with E-state index in [9.17, 15) is 26.3 Å². The minimum atomic E-state index is -5.08. The second-order valence-corrected chi connectivity index (χ2v) is 8.52. The second kappa shape index (κ2) is 13.5. The van der Waals surface area contributed by atoms with Crippen molar-refractivity contribution in [3.63, 3.8) is 0 Å². The Labute approximate surface area is 213 Å². The average Bonchev–Trinajstić information content (AvgIpc) is 3.36. The van der Waals surface area contributed by atoms with Crippen molar-refractivity contribution in [2.45, 2.75) is 44.3 Å². The summed E-state index contributed by atoms with van der Waals surface area (Å²) >= 11 is 0. The van der Waals surface area contributed by atoms with Crippen molar-refractivity contribution in [1.29, 1.82) is 0 Å². The monoisotopic (exact) mass is 556 g/mol. The quantitative estimate of drug-likeness (QED) is 0.517. The lowest BCUT2D eigenvalue weighted by Crippen LogP contribution is -2.57. The number of nitrogens with zero attached hydrogens (tertiary/aromatic N) is 2. The third kappa shape index (κ3) is 9.85. The predicted molar refractivity (Wildman–Crippen MR) is 117 cm³/mol. The minimum absolute atomic E-state index is 0.0533. The molecule has 38 heavy (non-hydrogen) atoms. The van der Waals surface area contributed by atoms with Crippen LogP contribution in [0.2, 0.25) is 0 Å². The van der Waals surface area contributed by atoms with Crippen LogP contribution in [0.15, 0.2) is 47.4 Å². The van der Waals surface area contributed by atoms with Gasteiger partial charge in [-0.3, -0.25) is 4.90 Å². The molecule has 212 valence electrons. The Kier molecular flexibility index (Phi) is 10.9. The largest absolute Gasteiger partial charge is 0.490 e. The fourth-order valence-corrected chi connectivity index (χ4v) is 4.02. The molecule has 0 bridgehead atoms. The zero-order valence-electron chi connectivity index (χ0n) is 19.9. The van der Waals surface area contributed by atoms with Gasteiger partial charge in [0.05, 0.1) is 25.2 Å². The Hall–Kier alpha value is -3.33. The molecule has 0 spiro atoms. The topological polar surface area (TPSA) is 122 Å². The first-order chi connectivity index (χ1) is 17.7. The molecule has 0 saturated carbocycles. The van der Waals surface area contributed by atoms with Crippen LogP contribution in [0, 0.1) is 5.41 Å². The number of aliphatic carboxylic acids is 2. The number of hydrogen-bond acceptors (Lipinski definition) is 7. The van der Waals surface area contributed by atoms with Crippen LogP contribution in [0.1, 0.15) is 24.8 Å². The molecule has 15 heteroatoms. The number of alkyl halides is 6. The number of likely N-dealkylation sites (tertiary alicyclic amines) is 1. The van der Waals surface area contributed by atoms with Gasteiger partial charge in [0.15, 0.2) is 0 Å². The third-order valence-electron chi connectivity index (χ3n) is 5.68. The van der Waals surface area contributed by atoms with E-state index in [4.69, 9.17) is 33.7 Å². The fourth-order valence-electron chi connectivity index (χ4n) is 4.02. The van der Waals surface area contributed by atoms with Gasteiger partial charge in [0.1, 0.15) is 0 Å². The maximum absolute atomic E-state index is 10.6. The molecule has 0 aromatic carbocycles. The summed E-state index contributed by atoms with van der Waals surface area (Å²) in [7, 11) is 0. The molecule has 2 unspecified atom stereocenters. The predicted octanol–water partition coefficient (Wildman–Crippen LogP) is 4.39.